The Morgan fingerprint density at radius 2 is 2.09 bits per heavy atom. The van der Waals surface area contributed by atoms with Gasteiger partial charge in [-0.1, -0.05) is 12.1 Å². The van der Waals surface area contributed by atoms with Crippen LogP contribution in [0, 0.1) is 17.2 Å². The Bertz CT molecular complexity index is 724. The smallest absolute Gasteiger partial charge is 0.252 e. The number of amides is 1. The van der Waals surface area contributed by atoms with E-state index in [0.717, 1.165) is 4.31 Å². The molecule has 0 aromatic heterocycles. The van der Waals surface area contributed by atoms with E-state index < -0.39 is 22.0 Å². The van der Waals surface area contributed by atoms with Crippen molar-refractivity contribution >= 4 is 15.9 Å². The molecule has 124 valence electrons. The molecule has 1 heterocycles. The van der Waals surface area contributed by atoms with Gasteiger partial charge in [0.2, 0.25) is 10.0 Å². The molecule has 0 radical (unpaired) electrons. The molecule has 1 aliphatic rings. The molecule has 1 saturated heterocycles. The third-order valence-corrected chi connectivity index (χ3v) is 5.75. The molecule has 0 spiro atoms. The predicted molar refractivity (Wildman–Crippen MR) is 84.2 cm³/mol. The number of hydrogen-bond donors (Lipinski definition) is 1. The van der Waals surface area contributed by atoms with E-state index in [0.29, 0.717) is 0 Å². The van der Waals surface area contributed by atoms with E-state index in [4.69, 9.17) is 10.00 Å². The Morgan fingerprint density at radius 1 is 1.39 bits per heavy atom. The van der Waals surface area contributed by atoms with Crippen LogP contribution in [0.2, 0.25) is 0 Å². The Balaban J connectivity index is 2.10. The lowest BCUT2D eigenvalue weighted by atomic mass is 10.0. The molecule has 1 fully saturated rings. The maximum Gasteiger partial charge on any atom is 0.252 e. The van der Waals surface area contributed by atoms with Gasteiger partial charge < -0.3 is 10.1 Å². The van der Waals surface area contributed by atoms with Crippen LogP contribution in [0.1, 0.15) is 15.9 Å². The Labute approximate surface area is 135 Å². The fraction of sp³-hybridized carbons (Fsp3) is 0.467. The number of benzene rings is 1. The molecule has 2 atom stereocenters. The van der Waals surface area contributed by atoms with Gasteiger partial charge in [-0.05, 0) is 12.1 Å². The zero-order valence-corrected chi connectivity index (χ0v) is 13.8. The lowest BCUT2D eigenvalue weighted by Crippen LogP contribution is -2.43. The number of hydrogen-bond acceptors (Lipinski definition) is 5. The number of sulfonamides is 1. The second-order valence-electron chi connectivity index (χ2n) is 5.60. The van der Waals surface area contributed by atoms with Crippen molar-refractivity contribution < 1.29 is 17.9 Å². The first-order valence-corrected chi connectivity index (χ1v) is 8.74. The molecule has 8 heteroatoms. The highest BCUT2D eigenvalue weighted by molar-refractivity contribution is 7.89. The minimum atomic E-state index is -3.38. The summed E-state index contributed by atoms with van der Waals surface area (Å²) >= 11 is 0. The van der Waals surface area contributed by atoms with E-state index in [2.05, 4.69) is 5.32 Å². The molecule has 1 aromatic rings. The molecule has 2 unspecified atom stereocenters. The standard InChI is InChI=1S/C15H19N3O4S/c1-18(2)23(20,21)10-12-8-22-9-14(12)17-15(19)13-6-4-3-5-11(13)7-16/h3-6,12,14H,8-10H2,1-2H3,(H,17,19). The summed E-state index contributed by atoms with van der Waals surface area (Å²) < 4.78 is 30.5. The van der Waals surface area contributed by atoms with Crippen LogP contribution in [-0.4, -0.2) is 57.7 Å². The summed E-state index contributed by atoms with van der Waals surface area (Å²) in [6.07, 6.45) is 0. The average molecular weight is 337 g/mol. The van der Waals surface area contributed by atoms with Gasteiger partial charge in [-0.3, -0.25) is 4.79 Å². The zero-order valence-electron chi connectivity index (χ0n) is 13.0. The molecule has 0 bridgehead atoms. The molecule has 1 amide bonds. The highest BCUT2D eigenvalue weighted by Gasteiger charge is 2.34. The molecule has 23 heavy (non-hydrogen) atoms. The SMILES string of the molecule is CN(C)S(=O)(=O)CC1COCC1NC(=O)c1ccccc1C#N. The predicted octanol–water partition coefficient (Wildman–Crippen LogP) is 0.194. The van der Waals surface area contributed by atoms with E-state index in [9.17, 15) is 13.2 Å². The van der Waals surface area contributed by atoms with Crippen molar-refractivity contribution in [2.24, 2.45) is 5.92 Å². The lowest BCUT2D eigenvalue weighted by Gasteiger charge is -2.21. The van der Waals surface area contributed by atoms with E-state index in [1.54, 1.807) is 24.3 Å². The maximum absolute atomic E-state index is 12.3. The highest BCUT2D eigenvalue weighted by atomic mass is 32.2. The largest absolute Gasteiger partial charge is 0.379 e. The van der Waals surface area contributed by atoms with E-state index >= 15 is 0 Å². The summed E-state index contributed by atoms with van der Waals surface area (Å²) in [5.74, 6) is -0.810. The molecule has 2 rings (SSSR count). The first-order chi connectivity index (χ1) is 10.8. The van der Waals surface area contributed by atoms with E-state index in [-0.39, 0.29) is 36.0 Å². The van der Waals surface area contributed by atoms with Gasteiger partial charge in [0, 0.05) is 20.0 Å². The summed E-state index contributed by atoms with van der Waals surface area (Å²) in [5.41, 5.74) is 0.553. The van der Waals surface area contributed by atoms with Crippen LogP contribution in [0.4, 0.5) is 0 Å². The highest BCUT2D eigenvalue weighted by Crippen LogP contribution is 2.18. The quantitative estimate of drug-likeness (QED) is 0.827. The Morgan fingerprint density at radius 3 is 2.74 bits per heavy atom. The zero-order chi connectivity index (χ0) is 17.0. The maximum atomic E-state index is 12.3. The van der Waals surface area contributed by atoms with Gasteiger partial charge in [-0.25, -0.2) is 12.7 Å². The van der Waals surface area contributed by atoms with Crippen LogP contribution >= 0.6 is 0 Å². The van der Waals surface area contributed by atoms with Crippen molar-refractivity contribution in [2.45, 2.75) is 6.04 Å². The van der Waals surface area contributed by atoms with Crippen LogP contribution in [0.5, 0.6) is 0 Å². The molecule has 1 N–H and O–H groups in total. The van der Waals surface area contributed by atoms with Gasteiger partial charge >= 0.3 is 0 Å². The summed E-state index contributed by atoms with van der Waals surface area (Å²) in [4.78, 5) is 12.3. The number of nitrogens with zero attached hydrogens (tertiary/aromatic N) is 2. The first kappa shape index (κ1) is 17.4. The normalized spacial score (nSPS) is 21.1. The topological polar surface area (TPSA) is 99.5 Å². The van der Waals surface area contributed by atoms with Gasteiger partial charge in [0.05, 0.1) is 42.2 Å². The van der Waals surface area contributed by atoms with Gasteiger partial charge in [0.25, 0.3) is 5.91 Å². The van der Waals surface area contributed by atoms with Crippen molar-refractivity contribution in [3.8, 4) is 6.07 Å². The molecule has 1 aromatic carbocycles. The van der Waals surface area contributed by atoms with Crippen molar-refractivity contribution in [3.63, 3.8) is 0 Å². The summed E-state index contributed by atoms with van der Waals surface area (Å²) in [5, 5.41) is 11.8. The van der Waals surface area contributed by atoms with E-state index in [1.807, 2.05) is 6.07 Å². The van der Waals surface area contributed by atoms with Gasteiger partial charge in [-0.15, -0.1) is 0 Å². The second kappa shape index (κ2) is 7.08. The number of carbonyl (C=O) groups excluding carboxylic acids is 1. The molecule has 1 aliphatic heterocycles. The fourth-order valence-corrected chi connectivity index (χ4v) is 3.53. The molecule has 7 nitrogen and oxygen atoms in total. The number of nitrogens with one attached hydrogen (secondary N) is 1. The summed E-state index contributed by atoms with van der Waals surface area (Å²) in [7, 11) is -0.430. The third-order valence-electron chi connectivity index (χ3n) is 3.79. The molecule has 0 saturated carbocycles. The van der Waals surface area contributed by atoms with E-state index in [1.165, 1.54) is 14.1 Å². The third kappa shape index (κ3) is 4.07. The number of carbonyl (C=O) groups is 1. The van der Waals surface area contributed by atoms with Gasteiger partial charge in [0.15, 0.2) is 0 Å². The monoisotopic (exact) mass is 337 g/mol. The van der Waals surface area contributed by atoms with Gasteiger partial charge in [-0.2, -0.15) is 5.26 Å². The summed E-state index contributed by atoms with van der Waals surface area (Å²) in [6.45, 7) is 0.534. The summed E-state index contributed by atoms with van der Waals surface area (Å²) in [6, 6.07) is 8.06. The van der Waals surface area contributed by atoms with Crippen molar-refractivity contribution in [3.05, 3.63) is 35.4 Å². The molecular weight excluding hydrogens is 318 g/mol. The average Bonchev–Trinajstić information content (AvgIpc) is 2.93. The van der Waals surface area contributed by atoms with Crippen molar-refractivity contribution in [1.29, 1.82) is 5.26 Å². The minimum absolute atomic E-state index is 0.0924. The first-order valence-electron chi connectivity index (χ1n) is 7.13. The fourth-order valence-electron chi connectivity index (χ4n) is 2.37. The Kier molecular flexibility index (Phi) is 5.36. The molecular formula is C15H19N3O4S. The second-order valence-corrected chi connectivity index (χ2v) is 7.82. The van der Waals surface area contributed by atoms with Crippen molar-refractivity contribution in [2.75, 3.05) is 33.1 Å². The van der Waals surface area contributed by atoms with Crippen LogP contribution in [0.3, 0.4) is 0 Å². The van der Waals surface area contributed by atoms with Crippen LogP contribution in [0.25, 0.3) is 0 Å². The number of ether oxygens (including phenoxy) is 1. The lowest BCUT2D eigenvalue weighted by molar-refractivity contribution is 0.0925. The van der Waals surface area contributed by atoms with Crippen LogP contribution in [0.15, 0.2) is 24.3 Å². The molecule has 0 aliphatic carbocycles. The minimum Gasteiger partial charge on any atom is -0.379 e. The van der Waals surface area contributed by atoms with Crippen molar-refractivity contribution in [1.82, 2.24) is 9.62 Å². The van der Waals surface area contributed by atoms with Crippen LogP contribution in [-0.2, 0) is 14.8 Å². The van der Waals surface area contributed by atoms with Crippen LogP contribution < -0.4 is 5.32 Å². The number of nitriles is 1. The number of rotatable bonds is 5. The van der Waals surface area contributed by atoms with Gasteiger partial charge in [0.1, 0.15) is 0 Å². The Hall–Kier alpha value is -1.95.